The lowest BCUT2D eigenvalue weighted by molar-refractivity contribution is 0.135. The van der Waals surface area contributed by atoms with Crippen LogP contribution in [0.4, 0.5) is 5.69 Å². The number of nitrogen functional groups attached to an aromatic ring is 1. The van der Waals surface area contributed by atoms with Gasteiger partial charge in [0.1, 0.15) is 0 Å². The third kappa shape index (κ3) is 3.71. The standard InChI is InChI=1S/C14H24N2O3S/c1-5-16(7-8-19-6-2)20(17,18)14-10-13(15)9-11(3)12(14)4/h9-10H,5-8,15H2,1-4H3. The number of ether oxygens (including phenoxy) is 1. The summed E-state index contributed by atoms with van der Waals surface area (Å²) in [6.07, 6.45) is 0. The summed E-state index contributed by atoms with van der Waals surface area (Å²) >= 11 is 0. The summed E-state index contributed by atoms with van der Waals surface area (Å²) in [6.45, 7) is 9.09. The van der Waals surface area contributed by atoms with Gasteiger partial charge in [-0.25, -0.2) is 8.42 Å². The smallest absolute Gasteiger partial charge is 0.243 e. The molecule has 1 aromatic rings. The van der Waals surface area contributed by atoms with E-state index in [1.54, 1.807) is 13.0 Å². The molecule has 0 atom stereocenters. The number of nitrogens with two attached hydrogens (primary N) is 1. The first kappa shape index (κ1) is 16.9. The number of hydrogen-bond donors (Lipinski definition) is 1. The molecule has 0 spiro atoms. The summed E-state index contributed by atoms with van der Waals surface area (Å²) < 4.78 is 32.1. The first-order chi connectivity index (χ1) is 9.34. The molecule has 20 heavy (non-hydrogen) atoms. The molecule has 5 nitrogen and oxygen atoms in total. The Balaban J connectivity index is 3.14. The van der Waals surface area contributed by atoms with Crippen LogP contribution >= 0.6 is 0 Å². The molecule has 1 aromatic carbocycles. The molecule has 0 fully saturated rings. The van der Waals surface area contributed by atoms with Crippen molar-refractivity contribution in [2.75, 3.05) is 32.0 Å². The highest BCUT2D eigenvalue weighted by molar-refractivity contribution is 7.89. The monoisotopic (exact) mass is 300 g/mol. The van der Waals surface area contributed by atoms with E-state index >= 15 is 0 Å². The van der Waals surface area contributed by atoms with E-state index in [-0.39, 0.29) is 4.90 Å². The summed E-state index contributed by atoms with van der Waals surface area (Å²) in [5, 5.41) is 0. The first-order valence-corrected chi connectivity index (χ1v) is 8.23. The van der Waals surface area contributed by atoms with Crippen LogP contribution in [0.5, 0.6) is 0 Å². The lowest BCUT2D eigenvalue weighted by atomic mass is 10.1. The van der Waals surface area contributed by atoms with E-state index in [0.717, 1.165) is 11.1 Å². The van der Waals surface area contributed by atoms with Gasteiger partial charge in [-0.3, -0.25) is 0 Å². The van der Waals surface area contributed by atoms with Gasteiger partial charge in [-0.05, 0) is 44.0 Å². The van der Waals surface area contributed by atoms with Gasteiger partial charge in [0.15, 0.2) is 0 Å². The molecule has 0 bridgehead atoms. The van der Waals surface area contributed by atoms with Crippen molar-refractivity contribution in [3.63, 3.8) is 0 Å². The van der Waals surface area contributed by atoms with Crippen LogP contribution in [-0.4, -0.2) is 39.0 Å². The molecule has 0 aliphatic carbocycles. The minimum atomic E-state index is -3.53. The number of likely N-dealkylation sites (N-methyl/N-ethyl adjacent to an activating group) is 1. The third-order valence-corrected chi connectivity index (χ3v) is 5.40. The van der Waals surface area contributed by atoms with Gasteiger partial charge in [-0.15, -0.1) is 0 Å². The molecular formula is C14H24N2O3S. The van der Waals surface area contributed by atoms with Crippen LogP contribution in [0.1, 0.15) is 25.0 Å². The van der Waals surface area contributed by atoms with Crippen LogP contribution in [0.3, 0.4) is 0 Å². The fraction of sp³-hybridized carbons (Fsp3) is 0.571. The Hall–Kier alpha value is -1.11. The number of benzene rings is 1. The van der Waals surface area contributed by atoms with E-state index in [9.17, 15) is 8.42 Å². The maximum absolute atomic E-state index is 12.7. The highest BCUT2D eigenvalue weighted by Crippen LogP contribution is 2.25. The van der Waals surface area contributed by atoms with E-state index in [2.05, 4.69) is 0 Å². The molecular weight excluding hydrogens is 276 g/mol. The molecule has 0 unspecified atom stereocenters. The minimum absolute atomic E-state index is 0.286. The van der Waals surface area contributed by atoms with E-state index in [0.29, 0.717) is 32.0 Å². The maximum Gasteiger partial charge on any atom is 0.243 e. The molecule has 114 valence electrons. The van der Waals surface area contributed by atoms with Crippen molar-refractivity contribution in [2.24, 2.45) is 0 Å². The van der Waals surface area contributed by atoms with Crippen LogP contribution in [0.15, 0.2) is 17.0 Å². The van der Waals surface area contributed by atoms with Crippen LogP contribution in [0.2, 0.25) is 0 Å². The Kier molecular flexibility index (Phi) is 5.98. The summed E-state index contributed by atoms with van der Waals surface area (Å²) in [7, 11) is -3.53. The van der Waals surface area contributed by atoms with Crippen LogP contribution < -0.4 is 5.73 Å². The minimum Gasteiger partial charge on any atom is -0.399 e. The zero-order chi connectivity index (χ0) is 15.3. The van der Waals surface area contributed by atoms with E-state index < -0.39 is 10.0 Å². The average Bonchev–Trinajstić information content (AvgIpc) is 2.38. The second-order valence-corrected chi connectivity index (χ2v) is 6.56. The highest BCUT2D eigenvalue weighted by atomic mass is 32.2. The Labute approximate surface area is 121 Å². The molecule has 0 saturated carbocycles. The van der Waals surface area contributed by atoms with Crippen LogP contribution in [-0.2, 0) is 14.8 Å². The van der Waals surface area contributed by atoms with Gasteiger partial charge >= 0.3 is 0 Å². The molecule has 0 heterocycles. The quantitative estimate of drug-likeness (QED) is 0.617. The van der Waals surface area contributed by atoms with E-state index in [1.165, 1.54) is 10.4 Å². The first-order valence-electron chi connectivity index (χ1n) is 6.79. The number of rotatable bonds is 7. The van der Waals surface area contributed by atoms with Gasteiger partial charge < -0.3 is 10.5 Å². The molecule has 0 aromatic heterocycles. The second-order valence-electron chi connectivity index (χ2n) is 4.65. The average molecular weight is 300 g/mol. The second kappa shape index (κ2) is 7.06. The van der Waals surface area contributed by atoms with Gasteiger partial charge in [0.2, 0.25) is 10.0 Å². The van der Waals surface area contributed by atoms with Gasteiger partial charge in [-0.1, -0.05) is 6.92 Å². The number of nitrogens with zero attached hydrogens (tertiary/aromatic N) is 1. The molecule has 2 N–H and O–H groups in total. The third-order valence-electron chi connectivity index (χ3n) is 3.30. The van der Waals surface area contributed by atoms with Crippen molar-refractivity contribution in [1.29, 1.82) is 0 Å². The normalized spacial score (nSPS) is 12.1. The topological polar surface area (TPSA) is 72.6 Å². The maximum atomic E-state index is 12.7. The summed E-state index contributed by atoms with van der Waals surface area (Å²) in [4.78, 5) is 0.286. The number of aryl methyl sites for hydroxylation is 1. The summed E-state index contributed by atoms with van der Waals surface area (Å²) in [5.41, 5.74) is 7.87. The Morgan fingerprint density at radius 3 is 2.45 bits per heavy atom. The van der Waals surface area contributed by atoms with Crippen LogP contribution in [0, 0.1) is 13.8 Å². The number of anilines is 1. The van der Waals surface area contributed by atoms with E-state index in [4.69, 9.17) is 10.5 Å². The number of hydrogen-bond acceptors (Lipinski definition) is 4. The lowest BCUT2D eigenvalue weighted by Crippen LogP contribution is -2.34. The summed E-state index contributed by atoms with van der Waals surface area (Å²) in [6, 6.07) is 3.31. The molecule has 0 aliphatic heterocycles. The molecule has 0 radical (unpaired) electrons. The van der Waals surface area contributed by atoms with Crippen molar-refractivity contribution in [3.8, 4) is 0 Å². The van der Waals surface area contributed by atoms with Crippen molar-refractivity contribution >= 4 is 15.7 Å². The van der Waals surface area contributed by atoms with Crippen LogP contribution in [0.25, 0.3) is 0 Å². The zero-order valence-electron chi connectivity index (χ0n) is 12.6. The molecule has 6 heteroatoms. The van der Waals surface area contributed by atoms with Crippen molar-refractivity contribution in [2.45, 2.75) is 32.6 Å². The predicted octanol–water partition coefficient (Wildman–Crippen LogP) is 1.93. The zero-order valence-corrected chi connectivity index (χ0v) is 13.5. The Morgan fingerprint density at radius 2 is 1.90 bits per heavy atom. The van der Waals surface area contributed by atoms with Crippen molar-refractivity contribution in [3.05, 3.63) is 23.3 Å². The lowest BCUT2D eigenvalue weighted by Gasteiger charge is -2.22. The SMILES string of the molecule is CCOCCN(CC)S(=O)(=O)c1cc(N)cc(C)c1C. The summed E-state index contributed by atoms with van der Waals surface area (Å²) in [5.74, 6) is 0. The van der Waals surface area contributed by atoms with Gasteiger partial charge in [0.05, 0.1) is 11.5 Å². The largest absolute Gasteiger partial charge is 0.399 e. The van der Waals surface area contributed by atoms with E-state index in [1.807, 2.05) is 20.8 Å². The Bertz CT molecular complexity index is 556. The predicted molar refractivity (Wildman–Crippen MR) is 81.3 cm³/mol. The van der Waals surface area contributed by atoms with Crippen molar-refractivity contribution in [1.82, 2.24) is 4.31 Å². The molecule has 1 rings (SSSR count). The number of sulfonamides is 1. The van der Waals surface area contributed by atoms with Crippen molar-refractivity contribution < 1.29 is 13.2 Å². The molecule has 0 amide bonds. The Morgan fingerprint density at radius 1 is 1.25 bits per heavy atom. The molecule has 0 aliphatic rings. The fourth-order valence-electron chi connectivity index (χ4n) is 2.02. The van der Waals surface area contributed by atoms with Gasteiger partial charge in [0.25, 0.3) is 0 Å². The van der Waals surface area contributed by atoms with Gasteiger partial charge in [0, 0.05) is 25.4 Å². The molecule has 0 saturated heterocycles. The highest BCUT2D eigenvalue weighted by Gasteiger charge is 2.25. The van der Waals surface area contributed by atoms with Gasteiger partial charge in [-0.2, -0.15) is 4.31 Å². The fourth-order valence-corrected chi connectivity index (χ4v) is 3.79.